The third-order valence-corrected chi connectivity index (χ3v) is 4.69. The fraction of sp³-hybridized carbons (Fsp3) is 0.824. The van der Waals surface area contributed by atoms with Gasteiger partial charge >= 0.3 is 5.97 Å². The summed E-state index contributed by atoms with van der Waals surface area (Å²) in [6, 6.07) is -0.712. The van der Waals surface area contributed by atoms with Crippen LogP contribution >= 0.6 is 0 Å². The maximum atomic E-state index is 12.6. The average Bonchev–Trinajstić information content (AvgIpc) is 3.07. The predicted molar refractivity (Wildman–Crippen MR) is 85.6 cm³/mol. The molecule has 6 heteroatoms. The van der Waals surface area contributed by atoms with Gasteiger partial charge in [-0.25, -0.2) is 0 Å². The van der Waals surface area contributed by atoms with E-state index in [1.807, 2.05) is 0 Å². The molecule has 1 aliphatic carbocycles. The Morgan fingerprint density at radius 3 is 2.70 bits per heavy atom. The van der Waals surface area contributed by atoms with Crippen molar-refractivity contribution in [2.45, 2.75) is 64.3 Å². The highest BCUT2D eigenvalue weighted by atomic mass is 16.5. The monoisotopic (exact) mass is 324 g/mol. The minimum absolute atomic E-state index is 0.0176. The van der Waals surface area contributed by atoms with E-state index in [-0.39, 0.29) is 24.2 Å². The highest BCUT2D eigenvalue weighted by molar-refractivity contribution is 5.92. The van der Waals surface area contributed by atoms with Crippen LogP contribution in [0.25, 0.3) is 0 Å². The van der Waals surface area contributed by atoms with E-state index in [4.69, 9.17) is 4.74 Å². The zero-order chi connectivity index (χ0) is 16.7. The molecule has 1 atom stereocenters. The number of esters is 1. The number of nitrogens with zero attached hydrogens (tertiary/aromatic N) is 1. The minimum atomic E-state index is -0.712. The molecule has 0 radical (unpaired) electrons. The summed E-state index contributed by atoms with van der Waals surface area (Å²) in [4.78, 5) is 38.3. The Morgan fingerprint density at radius 1 is 1.26 bits per heavy atom. The number of hydrogen-bond donors (Lipinski definition) is 1. The van der Waals surface area contributed by atoms with Crippen LogP contribution in [-0.2, 0) is 19.1 Å². The molecule has 2 amide bonds. The molecule has 1 unspecified atom stereocenters. The van der Waals surface area contributed by atoms with Crippen LogP contribution < -0.4 is 5.32 Å². The number of amides is 2. The molecule has 2 rings (SSSR count). The van der Waals surface area contributed by atoms with E-state index in [0.717, 1.165) is 44.9 Å². The van der Waals surface area contributed by atoms with E-state index in [2.05, 4.69) is 12.2 Å². The van der Waals surface area contributed by atoms with E-state index in [1.165, 1.54) is 0 Å². The van der Waals surface area contributed by atoms with Gasteiger partial charge in [0.25, 0.3) is 0 Å². The fourth-order valence-corrected chi connectivity index (χ4v) is 3.34. The van der Waals surface area contributed by atoms with Crippen molar-refractivity contribution in [2.75, 3.05) is 19.7 Å². The molecule has 0 aromatic carbocycles. The summed E-state index contributed by atoms with van der Waals surface area (Å²) < 4.78 is 5.19. The topological polar surface area (TPSA) is 75.7 Å². The molecule has 130 valence electrons. The number of carbonyl (C=O) groups excluding carboxylic acids is 3. The molecule has 1 saturated heterocycles. The Labute approximate surface area is 137 Å². The number of rotatable bonds is 7. The summed E-state index contributed by atoms with van der Waals surface area (Å²) in [5.41, 5.74) is 0. The molecule has 1 saturated carbocycles. The number of hydrogen-bond acceptors (Lipinski definition) is 4. The maximum absolute atomic E-state index is 12.6. The normalized spacial score (nSPS) is 22.0. The van der Waals surface area contributed by atoms with Crippen molar-refractivity contribution >= 4 is 17.8 Å². The largest absolute Gasteiger partial charge is 0.466 e. The van der Waals surface area contributed by atoms with E-state index in [9.17, 15) is 14.4 Å². The number of nitrogens with one attached hydrogen (secondary N) is 1. The second kappa shape index (κ2) is 8.89. The summed E-state index contributed by atoms with van der Waals surface area (Å²) in [5.74, 6) is -0.592. The van der Waals surface area contributed by atoms with Crippen LogP contribution in [0.2, 0.25) is 0 Å². The van der Waals surface area contributed by atoms with Crippen LogP contribution in [0, 0.1) is 5.92 Å². The average molecular weight is 324 g/mol. The van der Waals surface area contributed by atoms with Gasteiger partial charge in [-0.05, 0) is 19.3 Å². The Kier molecular flexibility index (Phi) is 6.86. The first-order chi connectivity index (χ1) is 11.1. The van der Waals surface area contributed by atoms with Crippen LogP contribution in [0.15, 0.2) is 0 Å². The number of unbranched alkanes of at least 4 members (excludes halogenated alkanes) is 2. The van der Waals surface area contributed by atoms with Gasteiger partial charge in [0.15, 0.2) is 0 Å². The van der Waals surface area contributed by atoms with Crippen molar-refractivity contribution < 1.29 is 19.1 Å². The second-order valence-corrected chi connectivity index (χ2v) is 6.45. The molecular formula is C17H28N2O4. The number of piperazine rings is 1. The molecule has 0 aromatic rings. The maximum Gasteiger partial charge on any atom is 0.308 e. The van der Waals surface area contributed by atoms with E-state index in [0.29, 0.717) is 19.7 Å². The molecule has 1 aliphatic heterocycles. The van der Waals surface area contributed by atoms with Gasteiger partial charge in [-0.1, -0.05) is 32.6 Å². The molecule has 0 spiro atoms. The van der Waals surface area contributed by atoms with E-state index in [1.54, 1.807) is 4.90 Å². The van der Waals surface area contributed by atoms with Gasteiger partial charge in [-0.3, -0.25) is 14.4 Å². The van der Waals surface area contributed by atoms with Crippen LogP contribution in [0.4, 0.5) is 0 Å². The quantitative estimate of drug-likeness (QED) is 0.570. The smallest absolute Gasteiger partial charge is 0.308 e. The van der Waals surface area contributed by atoms with Crippen LogP contribution in [0.5, 0.6) is 0 Å². The highest BCUT2D eigenvalue weighted by Crippen LogP contribution is 2.28. The fourth-order valence-electron chi connectivity index (χ4n) is 3.34. The third kappa shape index (κ3) is 4.94. The molecule has 1 N–H and O–H groups in total. The number of carbonyl (C=O) groups is 3. The molecule has 23 heavy (non-hydrogen) atoms. The van der Waals surface area contributed by atoms with Crippen molar-refractivity contribution in [3.63, 3.8) is 0 Å². The summed E-state index contributed by atoms with van der Waals surface area (Å²) in [6.45, 7) is 3.41. The molecule has 0 bridgehead atoms. The van der Waals surface area contributed by atoms with Crippen molar-refractivity contribution in [2.24, 2.45) is 5.92 Å². The summed E-state index contributed by atoms with van der Waals surface area (Å²) >= 11 is 0. The van der Waals surface area contributed by atoms with E-state index >= 15 is 0 Å². The first-order valence-electron chi connectivity index (χ1n) is 8.87. The summed E-state index contributed by atoms with van der Waals surface area (Å²) in [7, 11) is 0. The first-order valence-corrected chi connectivity index (χ1v) is 8.87. The van der Waals surface area contributed by atoms with Gasteiger partial charge in [-0.2, -0.15) is 0 Å². The van der Waals surface area contributed by atoms with Gasteiger partial charge < -0.3 is 15.0 Å². The molecule has 6 nitrogen and oxygen atoms in total. The van der Waals surface area contributed by atoms with Gasteiger partial charge in [0, 0.05) is 19.0 Å². The second-order valence-electron chi connectivity index (χ2n) is 6.45. The van der Waals surface area contributed by atoms with Crippen molar-refractivity contribution in [3.8, 4) is 0 Å². The lowest BCUT2D eigenvalue weighted by molar-refractivity contribution is -0.153. The van der Waals surface area contributed by atoms with Gasteiger partial charge in [0.05, 0.1) is 13.0 Å². The number of ether oxygens (including phenoxy) is 1. The minimum Gasteiger partial charge on any atom is -0.466 e. The zero-order valence-corrected chi connectivity index (χ0v) is 14.0. The molecule has 2 aliphatic rings. The van der Waals surface area contributed by atoms with E-state index < -0.39 is 12.0 Å². The van der Waals surface area contributed by atoms with Crippen LogP contribution in [-0.4, -0.2) is 48.4 Å². The molecule has 1 heterocycles. The van der Waals surface area contributed by atoms with Gasteiger partial charge in [-0.15, -0.1) is 0 Å². The Balaban J connectivity index is 1.90. The first kappa shape index (κ1) is 17.8. The van der Waals surface area contributed by atoms with Crippen LogP contribution in [0.1, 0.15) is 58.3 Å². The van der Waals surface area contributed by atoms with Crippen molar-refractivity contribution in [3.05, 3.63) is 0 Å². The van der Waals surface area contributed by atoms with Crippen molar-refractivity contribution in [1.29, 1.82) is 0 Å². The van der Waals surface area contributed by atoms with Crippen molar-refractivity contribution in [1.82, 2.24) is 10.2 Å². The Hall–Kier alpha value is -1.59. The lowest BCUT2D eigenvalue weighted by Gasteiger charge is -2.36. The zero-order valence-electron chi connectivity index (χ0n) is 14.0. The molecular weight excluding hydrogens is 296 g/mol. The predicted octanol–water partition coefficient (Wildman–Crippen LogP) is 1.63. The SMILES string of the molecule is CCCCCOC(=O)CC1C(=O)NCCN1C(=O)C1CCCC1. The Morgan fingerprint density at radius 2 is 2.00 bits per heavy atom. The highest BCUT2D eigenvalue weighted by Gasteiger charge is 2.38. The standard InChI is InChI=1S/C17H28N2O4/c1-2-3-6-11-23-15(20)12-14-16(21)18-9-10-19(14)17(22)13-7-4-5-8-13/h13-14H,2-12H2,1H3,(H,18,21). The summed E-state index contributed by atoms with van der Waals surface area (Å²) in [6.07, 6.45) is 6.80. The van der Waals surface area contributed by atoms with Gasteiger partial charge in [0.1, 0.15) is 6.04 Å². The lowest BCUT2D eigenvalue weighted by Crippen LogP contribution is -2.58. The molecule has 0 aromatic heterocycles. The Bertz CT molecular complexity index is 432. The lowest BCUT2D eigenvalue weighted by atomic mass is 10.0. The van der Waals surface area contributed by atoms with Gasteiger partial charge in [0.2, 0.25) is 11.8 Å². The van der Waals surface area contributed by atoms with Crippen LogP contribution in [0.3, 0.4) is 0 Å². The summed E-state index contributed by atoms with van der Waals surface area (Å²) in [5, 5.41) is 2.75. The third-order valence-electron chi connectivity index (χ3n) is 4.69. The molecule has 2 fully saturated rings.